The number of nitrogens with zero attached hydrogens (tertiary/aromatic N) is 2. The Labute approximate surface area is 167 Å². The lowest BCUT2D eigenvalue weighted by molar-refractivity contribution is -0.140. The molecule has 0 bridgehead atoms. The fourth-order valence-electron chi connectivity index (χ4n) is 2.10. The number of thiocarbonyl (C=S) groups is 1. The molecule has 1 saturated heterocycles. The molecule has 27 heavy (non-hydrogen) atoms. The van der Waals surface area contributed by atoms with Crippen LogP contribution in [0.4, 0.5) is 15.6 Å². The second-order valence-electron chi connectivity index (χ2n) is 5.18. The number of thiazole rings is 1. The van der Waals surface area contributed by atoms with Gasteiger partial charge >= 0.3 is 12.0 Å². The van der Waals surface area contributed by atoms with Crippen LogP contribution < -0.4 is 10.6 Å². The highest BCUT2D eigenvalue weighted by Crippen LogP contribution is 2.32. The van der Waals surface area contributed by atoms with Gasteiger partial charge in [-0.2, -0.15) is 0 Å². The van der Waals surface area contributed by atoms with Crippen LogP contribution in [0.25, 0.3) is 6.08 Å². The Morgan fingerprint density at radius 1 is 1.26 bits per heavy atom. The molecule has 0 aliphatic carbocycles. The number of thioether (sulfide) groups is 1. The van der Waals surface area contributed by atoms with Gasteiger partial charge in [-0.1, -0.05) is 42.2 Å². The topological polar surface area (TPSA) is 112 Å². The van der Waals surface area contributed by atoms with Crippen molar-refractivity contribution in [2.75, 3.05) is 17.2 Å². The van der Waals surface area contributed by atoms with E-state index in [9.17, 15) is 14.4 Å². The smallest absolute Gasteiger partial charge is 0.325 e. The summed E-state index contributed by atoms with van der Waals surface area (Å²) >= 11 is 7.25. The summed E-state index contributed by atoms with van der Waals surface area (Å²) in [4.78, 5) is 40.5. The second kappa shape index (κ2) is 8.29. The number of urea groups is 1. The first kappa shape index (κ1) is 19.0. The third-order valence-corrected chi connectivity index (χ3v) is 5.37. The van der Waals surface area contributed by atoms with Gasteiger partial charge in [-0.25, -0.2) is 9.78 Å². The molecule has 2 heterocycles. The van der Waals surface area contributed by atoms with Crippen LogP contribution in [0.5, 0.6) is 0 Å². The SMILES string of the molecule is O=C(O)CN1C(=O)C(=Cc2csc(NC(=O)Nc3ccccc3)n2)SC1=S. The molecule has 0 saturated carbocycles. The van der Waals surface area contributed by atoms with E-state index >= 15 is 0 Å². The lowest BCUT2D eigenvalue weighted by Crippen LogP contribution is -2.33. The van der Waals surface area contributed by atoms with E-state index in [0.717, 1.165) is 16.7 Å². The monoisotopic (exact) mass is 420 g/mol. The summed E-state index contributed by atoms with van der Waals surface area (Å²) in [5.41, 5.74) is 1.11. The quantitative estimate of drug-likeness (QED) is 0.503. The Hall–Kier alpha value is -2.76. The zero-order valence-electron chi connectivity index (χ0n) is 13.5. The number of carbonyl (C=O) groups is 3. The van der Waals surface area contributed by atoms with E-state index in [2.05, 4.69) is 15.6 Å². The summed E-state index contributed by atoms with van der Waals surface area (Å²) in [7, 11) is 0. The molecule has 138 valence electrons. The molecule has 0 radical (unpaired) electrons. The molecule has 8 nitrogen and oxygen atoms in total. The number of hydrogen-bond donors (Lipinski definition) is 3. The number of carbonyl (C=O) groups excluding carboxylic acids is 2. The minimum absolute atomic E-state index is 0.185. The van der Waals surface area contributed by atoms with Crippen molar-refractivity contribution in [2.45, 2.75) is 0 Å². The molecule has 1 aromatic heterocycles. The van der Waals surface area contributed by atoms with Gasteiger partial charge < -0.3 is 10.4 Å². The van der Waals surface area contributed by atoms with Crippen LogP contribution >= 0.6 is 35.3 Å². The minimum atomic E-state index is -1.14. The first-order valence-electron chi connectivity index (χ1n) is 7.48. The van der Waals surface area contributed by atoms with Crippen molar-refractivity contribution in [3.8, 4) is 0 Å². The van der Waals surface area contributed by atoms with Crippen LogP contribution in [0.1, 0.15) is 5.69 Å². The number of amides is 3. The zero-order valence-corrected chi connectivity index (χ0v) is 16.0. The third-order valence-electron chi connectivity index (χ3n) is 3.22. The number of para-hydroxylation sites is 1. The average Bonchev–Trinajstić information content (AvgIpc) is 3.15. The molecule has 1 aromatic carbocycles. The maximum absolute atomic E-state index is 12.2. The summed E-state index contributed by atoms with van der Waals surface area (Å²) in [6.45, 7) is -0.481. The van der Waals surface area contributed by atoms with Crippen LogP contribution in [0, 0.1) is 0 Å². The predicted octanol–water partition coefficient (Wildman–Crippen LogP) is 3.07. The summed E-state index contributed by atoms with van der Waals surface area (Å²) < 4.78 is 0.185. The van der Waals surface area contributed by atoms with Crippen molar-refractivity contribution in [1.29, 1.82) is 0 Å². The highest BCUT2D eigenvalue weighted by molar-refractivity contribution is 8.26. The Kier molecular flexibility index (Phi) is 5.84. The van der Waals surface area contributed by atoms with Crippen molar-refractivity contribution < 1.29 is 19.5 Å². The van der Waals surface area contributed by atoms with Crippen LogP contribution in [-0.2, 0) is 9.59 Å². The lowest BCUT2D eigenvalue weighted by Gasteiger charge is -2.09. The number of benzene rings is 1. The van der Waals surface area contributed by atoms with Crippen LogP contribution in [0.3, 0.4) is 0 Å². The molecule has 3 N–H and O–H groups in total. The Bertz CT molecular complexity index is 942. The molecule has 3 rings (SSSR count). The maximum atomic E-state index is 12.2. The van der Waals surface area contributed by atoms with E-state index in [0.29, 0.717) is 16.5 Å². The molecule has 0 atom stereocenters. The number of carboxylic acid groups (broad SMARTS) is 1. The zero-order chi connectivity index (χ0) is 19.4. The number of aliphatic carboxylic acids is 1. The maximum Gasteiger partial charge on any atom is 0.325 e. The summed E-state index contributed by atoms with van der Waals surface area (Å²) in [5.74, 6) is -1.62. The van der Waals surface area contributed by atoms with E-state index < -0.39 is 24.5 Å². The molecular formula is C16H12N4O4S3. The Morgan fingerprint density at radius 2 is 2.00 bits per heavy atom. The molecular weight excluding hydrogens is 408 g/mol. The van der Waals surface area contributed by atoms with Crippen molar-refractivity contribution in [1.82, 2.24) is 9.88 Å². The number of aromatic nitrogens is 1. The first-order chi connectivity index (χ1) is 12.9. The molecule has 2 aromatic rings. The van der Waals surface area contributed by atoms with Gasteiger partial charge in [0.15, 0.2) is 5.13 Å². The molecule has 0 spiro atoms. The van der Waals surface area contributed by atoms with E-state index in [1.165, 1.54) is 17.4 Å². The minimum Gasteiger partial charge on any atom is -0.480 e. The van der Waals surface area contributed by atoms with Crippen molar-refractivity contribution in [2.24, 2.45) is 0 Å². The van der Waals surface area contributed by atoms with Gasteiger partial charge in [-0.05, 0) is 18.2 Å². The van der Waals surface area contributed by atoms with Crippen LogP contribution in [0.2, 0.25) is 0 Å². The standard InChI is InChI=1S/C16H12N4O4S3/c21-12(22)7-20-13(23)11(27-16(20)25)6-10-8-26-15(18-10)19-14(24)17-9-4-2-1-3-5-9/h1-6,8H,7H2,(H,21,22)(H2,17,18,19,24). The summed E-state index contributed by atoms with van der Waals surface area (Å²) in [6.07, 6.45) is 1.51. The van der Waals surface area contributed by atoms with Crippen molar-refractivity contribution >= 4 is 74.4 Å². The molecule has 1 aliphatic heterocycles. The first-order valence-corrected chi connectivity index (χ1v) is 9.58. The van der Waals surface area contributed by atoms with Gasteiger partial charge in [0.25, 0.3) is 5.91 Å². The highest BCUT2D eigenvalue weighted by atomic mass is 32.2. The number of nitrogens with one attached hydrogen (secondary N) is 2. The average molecular weight is 420 g/mol. The summed E-state index contributed by atoms with van der Waals surface area (Å²) in [6, 6.07) is 8.53. The van der Waals surface area contributed by atoms with E-state index in [-0.39, 0.29) is 9.23 Å². The number of rotatable bonds is 5. The lowest BCUT2D eigenvalue weighted by atomic mass is 10.3. The molecule has 3 amide bonds. The number of carboxylic acids is 1. The van der Waals surface area contributed by atoms with Gasteiger partial charge in [0.2, 0.25) is 0 Å². The molecule has 1 fully saturated rings. The van der Waals surface area contributed by atoms with Crippen molar-refractivity contribution in [3.05, 3.63) is 46.3 Å². The van der Waals surface area contributed by atoms with Crippen molar-refractivity contribution in [3.63, 3.8) is 0 Å². The van der Waals surface area contributed by atoms with E-state index in [1.807, 2.05) is 6.07 Å². The molecule has 0 unspecified atom stereocenters. The van der Waals surface area contributed by atoms with Gasteiger partial charge in [0, 0.05) is 11.1 Å². The Morgan fingerprint density at radius 3 is 2.70 bits per heavy atom. The third kappa shape index (κ3) is 4.90. The van der Waals surface area contributed by atoms with Gasteiger partial charge in [-0.3, -0.25) is 19.8 Å². The van der Waals surface area contributed by atoms with Gasteiger partial charge in [-0.15, -0.1) is 11.3 Å². The number of hydrogen-bond acceptors (Lipinski definition) is 7. The second-order valence-corrected chi connectivity index (χ2v) is 7.72. The Balaban J connectivity index is 1.65. The van der Waals surface area contributed by atoms with Gasteiger partial charge in [0.05, 0.1) is 10.6 Å². The molecule has 1 aliphatic rings. The van der Waals surface area contributed by atoms with E-state index in [1.54, 1.807) is 29.6 Å². The fourth-order valence-corrected chi connectivity index (χ4v) is 4.00. The summed E-state index contributed by atoms with van der Waals surface area (Å²) in [5, 5.41) is 16.2. The molecule has 11 heteroatoms. The predicted molar refractivity (Wildman–Crippen MR) is 109 cm³/mol. The van der Waals surface area contributed by atoms with E-state index in [4.69, 9.17) is 17.3 Å². The largest absolute Gasteiger partial charge is 0.480 e. The normalized spacial score (nSPS) is 15.3. The highest BCUT2D eigenvalue weighted by Gasteiger charge is 2.33. The number of anilines is 2. The fraction of sp³-hybridized carbons (Fsp3) is 0.0625. The van der Waals surface area contributed by atoms with Gasteiger partial charge in [0.1, 0.15) is 10.9 Å². The van der Waals surface area contributed by atoms with Crippen LogP contribution in [-0.4, -0.2) is 43.8 Å². The van der Waals surface area contributed by atoms with Crippen LogP contribution in [0.15, 0.2) is 40.6 Å².